The lowest BCUT2D eigenvalue weighted by Crippen LogP contribution is -2.35. The minimum Gasteiger partial charge on any atom is -0.393 e. The zero-order chi connectivity index (χ0) is 22.6. The number of morpholine rings is 1. The van der Waals surface area contributed by atoms with Crippen molar-refractivity contribution in [2.24, 2.45) is 0 Å². The van der Waals surface area contributed by atoms with E-state index in [1.54, 1.807) is 0 Å². The topological polar surface area (TPSA) is 57.6 Å². The SMILES string of the molecule is CCCC1=Cc2c(ncc(-c3ccc(CN4CCOCC4)cc3)c2NC2CCC(O)CC2)C1. The van der Waals surface area contributed by atoms with Gasteiger partial charge in [-0.25, -0.2) is 0 Å². The average molecular weight is 448 g/mol. The van der Waals surface area contributed by atoms with E-state index in [9.17, 15) is 5.11 Å². The molecule has 1 saturated heterocycles. The van der Waals surface area contributed by atoms with Gasteiger partial charge in [-0.05, 0) is 43.2 Å². The van der Waals surface area contributed by atoms with Crippen molar-refractivity contribution in [3.8, 4) is 11.1 Å². The van der Waals surface area contributed by atoms with E-state index < -0.39 is 0 Å². The molecule has 3 aliphatic rings. The van der Waals surface area contributed by atoms with Gasteiger partial charge >= 0.3 is 0 Å². The predicted molar refractivity (Wildman–Crippen MR) is 134 cm³/mol. The number of nitrogens with one attached hydrogen (secondary N) is 1. The molecule has 0 bridgehead atoms. The number of aliphatic hydroxyl groups is 1. The molecule has 5 heteroatoms. The van der Waals surface area contributed by atoms with Gasteiger partial charge in [-0.15, -0.1) is 0 Å². The number of hydrogen-bond acceptors (Lipinski definition) is 5. The van der Waals surface area contributed by atoms with Gasteiger partial charge < -0.3 is 15.2 Å². The highest BCUT2D eigenvalue weighted by atomic mass is 16.5. The minimum atomic E-state index is -0.138. The summed E-state index contributed by atoms with van der Waals surface area (Å²) in [5.41, 5.74) is 8.94. The summed E-state index contributed by atoms with van der Waals surface area (Å²) >= 11 is 0. The van der Waals surface area contributed by atoms with Crippen molar-refractivity contribution in [3.63, 3.8) is 0 Å². The van der Waals surface area contributed by atoms with Crippen LogP contribution in [0.2, 0.25) is 0 Å². The number of ether oxygens (including phenoxy) is 1. The number of aliphatic hydroxyl groups excluding tert-OH is 1. The second-order valence-electron chi connectivity index (χ2n) is 9.87. The molecule has 0 atom stereocenters. The Morgan fingerprint density at radius 3 is 2.58 bits per heavy atom. The minimum absolute atomic E-state index is 0.138. The number of pyridine rings is 1. The molecule has 0 unspecified atom stereocenters. The van der Waals surface area contributed by atoms with Crippen LogP contribution < -0.4 is 5.32 Å². The predicted octanol–water partition coefficient (Wildman–Crippen LogP) is 5.04. The molecule has 2 aromatic rings. The van der Waals surface area contributed by atoms with Crippen molar-refractivity contribution < 1.29 is 9.84 Å². The third-order valence-electron chi connectivity index (χ3n) is 7.33. The third-order valence-corrected chi connectivity index (χ3v) is 7.33. The molecule has 5 rings (SSSR count). The van der Waals surface area contributed by atoms with Crippen molar-refractivity contribution in [2.45, 2.75) is 70.6 Å². The van der Waals surface area contributed by atoms with Gasteiger partial charge in [0.25, 0.3) is 0 Å². The summed E-state index contributed by atoms with van der Waals surface area (Å²) in [5, 5.41) is 13.9. The molecular formula is C28H37N3O2. The van der Waals surface area contributed by atoms with E-state index >= 15 is 0 Å². The number of anilines is 1. The summed E-state index contributed by atoms with van der Waals surface area (Å²) in [6, 6.07) is 9.43. The summed E-state index contributed by atoms with van der Waals surface area (Å²) in [6.07, 6.45) is 11.4. The molecule has 0 radical (unpaired) electrons. The first-order valence-electron chi connectivity index (χ1n) is 12.7. The van der Waals surface area contributed by atoms with Gasteiger partial charge in [-0.1, -0.05) is 49.3 Å². The average Bonchev–Trinajstić information content (AvgIpc) is 3.25. The summed E-state index contributed by atoms with van der Waals surface area (Å²) < 4.78 is 5.48. The van der Waals surface area contributed by atoms with E-state index in [1.807, 2.05) is 0 Å². The Kier molecular flexibility index (Phi) is 7.10. The molecule has 0 spiro atoms. The van der Waals surface area contributed by atoms with Crippen molar-refractivity contribution in [1.29, 1.82) is 0 Å². The number of nitrogens with zero attached hydrogens (tertiary/aromatic N) is 2. The summed E-state index contributed by atoms with van der Waals surface area (Å²) in [4.78, 5) is 7.35. The number of aromatic nitrogens is 1. The van der Waals surface area contributed by atoms with E-state index in [-0.39, 0.29) is 6.10 Å². The fourth-order valence-corrected chi connectivity index (χ4v) is 5.42. The molecule has 176 valence electrons. The maximum Gasteiger partial charge on any atom is 0.0594 e. The summed E-state index contributed by atoms with van der Waals surface area (Å²) in [5.74, 6) is 0. The molecule has 1 aromatic heterocycles. The van der Waals surface area contributed by atoms with Gasteiger partial charge in [-0.3, -0.25) is 9.88 Å². The molecule has 2 heterocycles. The first kappa shape index (κ1) is 22.6. The molecule has 33 heavy (non-hydrogen) atoms. The van der Waals surface area contributed by atoms with Crippen LogP contribution >= 0.6 is 0 Å². The van der Waals surface area contributed by atoms with Gasteiger partial charge in [-0.2, -0.15) is 0 Å². The second-order valence-corrected chi connectivity index (χ2v) is 9.87. The van der Waals surface area contributed by atoms with E-state index in [2.05, 4.69) is 53.7 Å². The molecule has 1 saturated carbocycles. The summed E-state index contributed by atoms with van der Waals surface area (Å²) in [6.45, 7) is 6.90. The van der Waals surface area contributed by atoms with E-state index in [1.165, 1.54) is 45.6 Å². The fourth-order valence-electron chi connectivity index (χ4n) is 5.42. The Labute approximate surface area is 197 Å². The van der Waals surface area contributed by atoms with Crippen molar-refractivity contribution in [2.75, 3.05) is 31.6 Å². The maximum absolute atomic E-state index is 9.96. The largest absolute Gasteiger partial charge is 0.393 e. The molecule has 2 N–H and O–H groups in total. The lowest BCUT2D eigenvalue weighted by atomic mass is 9.92. The lowest BCUT2D eigenvalue weighted by molar-refractivity contribution is 0.0342. The van der Waals surface area contributed by atoms with Gasteiger partial charge in [0.05, 0.1) is 30.7 Å². The van der Waals surface area contributed by atoms with E-state index in [0.717, 1.165) is 71.4 Å². The van der Waals surface area contributed by atoms with E-state index in [0.29, 0.717) is 6.04 Å². The van der Waals surface area contributed by atoms with Crippen molar-refractivity contribution >= 4 is 11.8 Å². The van der Waals surface area contributed by atoms with Gasteiger partial charge in [0.15, 0.2) is 0 Å². The van der Waals surface area contributed by atoms with Gasteiger partial charge in [0, 0.05) is 49.4 Å². The number of fused-ring (bicyclic) bond motifs is 1. The Hall–Kier alpha value is -2.21. The zero-order valence-electron chi connectivity index (χ0n) is 19.9. The smallest absolute Gasteiger partial charge is 0.0594 e. The highest BCUT2D eigenvalue weighted by molar-refractivity contribution is 5.87. The number of benzene rings is 1. The third kappa shape index (κ3) is 5.32. The highest BCUT2D eigenvalue weighted by Gasteiger charge is 2.25. The standard InChI is InChI=1S/C28H37N3O2/c1-2-3-21-16-25-27(17-21)29-18-26(28(25)30-23-8-10-24(32)11-9-23)22-6-4-20(5-7-22)19-31-12-14-33-15-13-31/h4-7,16,18,23-24,32H,2-3,8-15,17,19H2,1H3,(H,29,30). The fraction of sp³-hybridized carbons (Fsp3) is 0.536. The Bertz CT molecular complexity index is 971. The number of rotatable bonds is 7. The van der Waals surface area contributed by atoms with Crippen molar-refractivity contribution in [3.05, 3.63) is 52.9 Å². The molecule has 1 aromatic carbocycles. The van der Waals surface area contributed by atoms with Crippen LogP contribution in [0.1, 0.15) is 62.3 Å². The maximum atomic E-state index is 9.96. The normalized spacial score (nSPS) is 23.3. The molecule has 0 amide bonds. The molecular weight excluding hydrogens is 410 g/mol. The van der Waals surface area contributed by atoms with Crippen LogP contribution in [-0.4, -0.2) is 53.4 Å². The van der Waals surface area contributed by atoms with Crippen LogP contribution in [0.3, 0.4) is 0 Å². The quantitative estimate of drug-likeness (QED) is 0.623. The highest BCUT2D eigenvalue weighted by Crippen LogP contribution is 2.39. The Morgan fingerprint density at radius 1 is 1.09 bits per heavy atom. The van der Waals surface area contributed by atoms with Gasteiger partial charge in [0.2, 0.25) is 0 Å². The van der Waals surface area contributed by atoms with Gasteiger partial charge in [0.1, 0.15) is 0 Å². The first-order valence-corrected chi connectivity index (χ1v) is 12.7. The Morgan fingerprint density at radius 2 is 1.85 bits per heavy atom. The van der Waals surface area contributed by atoms with Crippen LogP contribution in [0, 0.1) is 0 Å². The summed E-state index contributed by atoms with van der Waals surface area (Å²) in [7, 11) is 0. The molecule has 2 fully saturated rings. The first-order chi connectivity index (χ1) is 16.2. The van der Waals surface area contributed by atoms with Crippen LogP contribution in [0.4, 0.5) is 5.69 Å². The van der Waals surface area contributed by atoms with Crippen LogP contribution in [0.15, 0.2) is 36.0 Å². The second kappa shape index (κ2) is 10.4. The molecule has 5 nitrogen and oxygen atoms in total. The van der Waals surface area contributed by atoms with Crippen molar-refractivity contribution in [1.82, 2.24) is 9.88 Å². The molecule has 1 aliphatic heterocycles. The van der Waals surface area contributed by atoms with Crippen LogP contribution in [0.25, 0.3) is 17.2 Å². The Balaban J connectivity index is 1.42. The number of hydrogen-bond donors (Lipinski definition) is 2. The molecule has 2 aliphatic carbocycles. The lowest BCUT2D eigenvalue weighted by Gasteiger charge is -2.29. The number of allylic oxidation sites excluding steroid dienone is 1. The zero-order valence-corrected chi connectivity index (χ0v) is 19.9. The van der Waals surface area contributed by atoms with Crippen LogP contribution in [0.5, 0.6) is 0 Å². The monoisotopic (exact) mass is 447 g/mol. The van der Waals surface area contributed by atoms with Crippen LogP contribution in [-0.2, 0) is 17.7 Å². The van der Waals surface area contributed by atoms with E-state index in [4.69, 9.17) is 9.72 Å².